The van der Waals surface area contributed by atoms with E-state index in [-0.39, 0.29) is 17.9 Å². The highest BCUT2D eigenvalue weighted by molar-refractivity contribution is 7.14. The van der Waals surface area contributed by atoms with Crippen LogP contribution >= 0.6 is 23.1 Å². The van der Waals surface area contributed by atoms with E-state index in [2.05, 4.69) is 19.4 Å². The molecule has 0 radical (unpaired) electrons. The minimum atomic E-state index is -0.109. The van der Waals surface area contributed by atoms with Crippen LogP contribution in [0.4, 0.5) is 15.5 Å². The first-order valence-electron chi connectivity index (χ1n) is 8.32. The first-order chi connectivity index (χ1) is 12.7. The van der Waals surface area contributed by atoms with E-state index >= 15 is 0 Å². The van der Waals surface area contributed by atoms with E-state index in [4.69, 9.17) is 0 Å². The molecular weight excluding hydrogens is 370 g/mol. The topological polar surface area (TPSA) is 87.2 Å². The van der Waals surface area contributed by atoms with Crippen LogP contribution in [0.3, 0.4) is 0 Å². The van der Waals surface area contributed by atoms with E-state index in [0.29, 0.717) is 31.6 Å². The summed E-state index contributed by atoms with van der Waals surface area (Å²) in [5, 5.41) is 8.61. The molecule has 0 saturated carbocycles. The molecule has 2 aromatic heterocycles. The Balaban J connectivity index is 1.33. The lowest BCUT2D eigenvalue weighted by molar-refractivity contribution is -0.121. The number of carbonyl (C=O) groups excluding carboxylic acids is 2. The Morgan fingerprint density at radius 3 is 2.69 bits per heavy atom. The van der Waals surface area contributed by atoms with Crippen LogP contribution in [-0.4, -0.2) is 38.7 Å². The largest absolute Gasteiger partial charge is 0.324 e. The van der Waals surface area contributed by atoms with Gasteiger partial charge in [-0.05, 0) is 42.5 Å². The molecular formula is C17H17N5O2S2. The van der Waals surface area contributed by atoms with Gasteiger partial charge < -0.3 is 10.2 Å². The fourth-order valence-corrected chi connectivity index (χ4v) is 4.18. The van der Waals surface area contributed by atoms with Gasteiger partial charge in [-0.1, -0.05) is 6.07 Å². The van der Waals surface area contributed by atoms with Crippen molar-refractivity contribution in [3.63, 3.8) is 0 Å². The fourth-order valence-electron chi connectivity index (χ4n) is 3.02. The Labute approximate surface area is 158 Å². The van der Waals surface area contributed by atoms with Gasteiger partial charge in [-0.15, -0.1) is 11.3 Å². The predicted molar refractivity (Wildman–Crippen MR) is 104 cm³/mol. The number of thiophene rings is 1. The quantitative estimate of drug-likeness (QED) is 0.718. The third-order valence-corrected chi connectivity index (χ3v) is 5.78. The second-order valence-corrected chi connectivity index (χ2v) is 7.57. The minimum absolute atomic E-state index is 0.0242. The van der Waals surface area contributed by atoms with Gasteiger partial charge in [0.2, 0.25) is 5.91 Å². The second-order valence-electron chi connectivity index (χ2n) is 6.10. The molecule has 1 saturated heterocycles. The van der Waals surface area contributed by atoms with Gasteiger partial charge in [-0.3, -0.25) is 10.1 Å². The third kappa shape index (κ3) is 3.54. The number of piperidine rings is 1. The number of aromatic nitrogens is 2. The molecule has 0 atom stereocenters. The first kappa shape index (κ1) is 16.9. The molecule has 9 heteroatoms. The average Bonchev–Trinajstić information content (AvgIpc) is 3.34. The Kier molecular flexibility index (Phi) is 4.81. The van der Waals surface area contributed by atoms with E-state index in [1.165, 1.54) is 11.3 Å². The summed E-state index contributed by atoms with van der Waals surface area (Å²) in [6.45, 7) is 1.13. The number of amides is 3. The Morgan fingerprint density at radius 2 is 1.92 bits per heavy atom. The number of anilines is 2. The molecule has 1 fully saturated rings. The summed E-state index contributed by atoms with van der Waals surface area (Å²) in [6.07, 6.45) is 1.30. The van der Waals surface area contributed by atoms with Crippen molar-refractivity contribution in [2.75, 3.05) is 23.7 Å². The van der Waals surface area contributed by atoms with Crippen molar-refractivity contribution in [1.29, 1.82) is 0 Å². The number of hydrogen-bond acceptors (Lipinski definition) is 6. The number of benzene rings is 1. The van der Waals surface area contributed by atoms with Crippen LogP contribution in [0.1, 0.15) is 12.8 Å². The molecule has 4 rings (SSSR count). The van der Waals surface area contributed by atoms with Crippen LogP contribution < -0.4 is 10.6 Å². The van der Waals surface area contributed by atoms with Crippen LogP contribution in [0.25, 0.3) is 11.0 Å². The lowest BCUT2D eigenvalue weighted by Gasteiger charge is -2.31. The summed E-state index contributed by atoms with van der Waals surface area (Å²) in [4.78, 5) is 26.6. The summed E-state index contributed by atoms with van der Waals surface area (Å²) in [5.41, 5.74) is 2.20. The maximum absolute atomic E-state index is 12.6. The van der Waals surface area contributed by atoms with E-state index in [9.17, 15) is 9.59 Å². The summed E-state index contributed by atoms with van der Waals surface area (Å²) in [7, 11) is 0. The van der Waals surface area contributed by atoms with E-state index in [0.717, 1.165) is 27.8 Å². The summed E-state index contributed by atoms with van der Waals surface area (Å²) in [5.74, 6) is -0.133. The molecule has 0 spiro atoms. The lowest BCUT2D eigenvalue weighted by Crippen LogP contribution is -2.43. The zero-order valence-corrected chi connectivity index (χ0v) is 15.5. The second kappa shape index (κ2) is 7.38. The van der Waals surface area contributed by atoms with Crippen molar-refractivity contribution < 1.29 is 9.59 Å². The Morgan fingerprint density at radius 1 is 1.08 bits per heavy atom. The minimum Gasteiger partial charge on any atom is -0.324 e. The molecule has 26 heavy (non-hydrogen) atoms. The number of nitrogens with zero attached hydrogens (tertiary/aromatic N) is 3. The van der Waals surface area contributed by atoms with Crippen LogP contribution in [0.2, 0.25) is 0 Å². The number of hydrogen-bond donors (Lipinski definition) is 2. The highest BCUT2D eigenvalue weighted by Crippen LogP contribution is 2.25. The SMILES string of the molecule is O=C(Nc1cccc2nsnc12)C1CCN(C(=O)Nc2cccs2)CC1. The molecule has 0 aliphatic carbocycles. The van der Waals surface area contributed by atoms with Crippen LogP contribution in [0.5, 0.6) is 0 Å². The Bertz CT molecular complexity index is 916. The van der Waals surface area contributed by atoms with Gasteiger partial charge in [-0.25, -0.2) is 4.79 Å². The maximum atomic E-state index is 12.6. The van der Waals surface area contributed by atoms with Crippen molar-refractivity contribution in [2.45, 2.75) is 12.8 Å². The standard InChI is InChI=1S/C17H17N5O2S2/c23-16(18-12-3-1-4-13-15(12)21-26-20-13)11-6-8-22(9-7-11)17(24)19-14-5-2-10-25-14/h1-5,10-11H,6-9H2,(H,18,23)(H,19,24). The third-order valence-electron chi connectivity index (χ3n) is 4.45. The van der Waals surface area contributed by atoms with Gasteiger partial charge in [0.25, 0.3) is 0 Å². The highest BCUT2D eigenvalue weighted by Gasteiger charge is 2.28. The number of nitrogens with one attached hydrogen (secondary N) is 2. The van der Waals surface area contributed by atoms with Crippen LogP contribution in [0, 0.1) is 5.92 Å². The van der Waals surface area contributed by atoms with Crippen molar-refractivity contribution in [1.82, 2.24) is 13.6 Å². The van der Waals surface area contributed by atoms with Crippen molar-refractivity contribution in [3.05, 3.63) is 35.7 Å². The number of carbonyl (C=O) groups is 2. The molecule has 0 unspecified atom stereocenters. The number of likely N-dealkylation sites (tertiary alicyclic amines) is 1. The molecule has 3 amide bonds. The van der Waals surface area contributed by atoms with Gasteiger partial charge in [0.05, 0.1) is 22.4 Å². The summed E-state index contributed by atoms with van der Waals surface area (Å²) >= 11 is 2.62. The van der Waals surface area contributed by atoms with Crippen molar-refractivity contribution >= 4 is 56.7 Å². The van der Waals surface area contributed by atoms with E-state index in [1.54, 1.807) is 4.90 Å². The summed E-state index contributed by atoms with van der Waals surface area (Å²) in [6, 6.07) is 9.23. The number of rotatable bonds is 3. The fraction of sp³-hybridized carbons (Fsp3) is 0.294. The van der Waals surface area contributed by atoms with Crippen LogP contribution in [-0.2, 0) is 4.79 Å². The number of fused-ring (bicyclic) bond motifs is 1. The summed E-state index contributed by atoms with van der Waals surface area (Å²) < 4.78 is 8.43. The highest BCUT2D eigenvalue weighted by atomic mass is 32.1. The predicted octanol–water partition coefficient (Wildman–Crippen LogP) is 3.64. The monoisotopic (exact) mass is 387 g/mol. The van der Waals surface area contributed by atoms with Crippen molar-refractivity contribution in [2.24, 2.45) is 5.92 Å². The van der Waals surface area contributed by atoms with Gasteiger partial charge in [0, 0.05) is 19.0 Å². The molecule has 1 aliphatic rings. The zero-order chi connectivity index (χ0) is 17.9. The van der Waals surface area contributed by atoms with Gasteiger partial charge in [-0.2, -0.15) is 8.75 Å². The maximum Gasteiger partial charge on any atom is 0.322 e. The lowest BCUT2D eigenvalue weighted by atomic mass is 9.96. The van der Waals surface area contributed by atoms with E-state index in [1.807, 2.05) is 35.7 Å². The molecule has 1 aliphatic heterocycles. The van der Waals surface area contributed by atoms with Gasteiger partial charge in [0.15, 0.2) is 0 Å². The molecule has 0 bridgehead atoms. The molecule has 134 valence electrons. The normalized spacial score (nSPS) is 15.2. The average molecular weight is 387 g/mol. The molecule has 7 nitrogen and oxygen atoms in total. The first-order valence-corrected chi connectivity index (χ1v) is 9.93. The van der Waals surface area contributed by atoms with Crippen LogP contribution in [0.15, 0.2) is 35.7 Å². The molecule has 2 N–H and O–H groups in total. The zero-order valence-electron chi connectivity index (χ0n) is 13.8. The molecule has 3 heterocycles. The Hall–Kier alpha value is -2.52. The van der Waals surface area contributed by atoms with Gasteiger partial charge >= 0.3 is 6.03 Å². The number of urea groups is 1. The van der Waals surface area contributed by atoms with Crippen molar-refractivity contribution in [3.8, 4) is 0 Å². The van der Waals surface area contributed by atoms with E-state index < -0.39 is 0 Å². The van der Waals surface area contributed by atoms with Gasteiger partial charge in [0.1, 0.15) is 11.0 Å². The molecule has 3 aromatic rings. The smallest absolute Gasteiger partial charge is 0.322 e. The molecule has 1 aromatic carbocycles.